The molecule has 0 fully saturated rings. The lowest BCUT2D eigenvalue weighted by Gasteiger charge is -2.23. The van der Waals surface area contributed by atoms with E-state index in [0.29, 0.717) is 11.7 Å². The number of amides is 2. The molecule has 1 atom stereocenters. The molecule has 2 aromatic heterocycles. The van der Waals surface area contributed by atoms with Gasteiger partial charge in [-0.05, 0) is 25.5 Å². The molecule has 0 aliphatic carbocycles. The first kappa shape index (κ1) is 13.9. The normalized spacial score (nSPS) is 12.4. The minimum atomic E-state index is -0.264. The molecular formula is C11H15N5OS2. The fourth-order valence-electron chi connectivity index (χ4n) is 1.58. The van der Waals surface area contributed by atoms with Crippen molar-refractivity contribution in [1.82, 2.24) is 20.4 Å². The molecule has 0 aromatic carbocycles. The summed E-state index contributed by atoms with van der Waals surface area (Å²) in [5.41, 5.74) is 1.57. The van der Waals surface area contributed by atoms with Crippen LogP contribution in [-0.4, -0.2) is 41.8 Å². The molecule has 0 radical (unpaired) electrons. The predicted molar refractivity (Wildman–Crippen MR) is 77.7 cm³/mol. The molecule has 2 amide bonds. The van der Waals surface area contributed by atoms with Crippen LogP contribution in [-0.2, 0) is 0 Å². The zero-order valence-corrected chi connectivity index (χ0v) is 12.3. The highest BCUT2D eigenvalue weighted by molar-refractivity contribution is 7.13. The summed E-state index contributed by atoms with van der Waals surface area (Å²) >= 11 is 2.97. The standard InChI is InChI=1S/C11H15N5OS2/c1-16(2)8(9-4-3-5-18-9)6-12-10(17)14-11-15-13-7-19-11/h3-5,7-8H,6H2,1-2H3,(H2,12,14,15,17). The predicted octanol–water partition coefficient (Wildman–Crippen LogP) is 2.02. The minimum Gasteiger partial charge on any atom is -0.336 e. The van der Waals surface area contributed by atoms with Crippen LogP contribution in [0.5, 0.6) is 0 Å². The smallest absolute Gasteiger partial charge is 0.321 e. The second-order valence-corrected chi connectivity index (χ2v) is 5.89. The fourth-order valence-corrected chi connectivity index (χ4v) is 2.94. The maximum absolute atomic E-state index is 11.7. The number of likely N-dealkylation sites (N-methyl/N-ethyl adjacent to an activating group) is 1. The monoisotopic (exact) mass is 297 g/mol. The van der Waals surface area contributed by atoms with Crippen molar-refractivity contribution in [2.75, 3.05) is 26.0 Å². The van der Waals surface area contributed by atoms with Gasteiger partial charge in [0, 0.05) is 11.4 Å². The van der Waals surface area contributed by atoms with Crippen LogP contribution in [0.15, 0.2) is 23.0 Å². The van der Waals surface area contributed by atoms with Crippen LogP contribution in [0.3, 0.4) is 0 Å². The maximum Gasteiger partial charge on any atom is 0.321 e. The number of carbonyl (C=O) groups is 1. The molecule has 0 aliphatic rings. The van der Waals surface area contributed by atoms with Crippen molar-refractivity contribution in [1.29, 1.82) is 0 Å². The van der Waals surface area contributed by atoms with E-state index in [1.807, 2.05) is 25.5 Å². The second-order valence-electron chi connectivity index (χ2n) is 4.07. The molecule has 0 saturated carbocycles. The lowest BCUT2D eigenvalue weighted by Crippen LogP contribution is -2.36. The van der Waals surface area contributed by atoms with E-state index in [1.54, 1.807) is 16.8 Å². The molecule has 1 unspecified atom stereocenters. The summed E-state index contributed by atoms with van der Waals surface area (Å²) in [7, 11) is 3.99. The van der Waals surface area contributed by atoms with Gasteiger partial charge >= 0.3 is 6.03 Å². The average Bonchev–Trinajstić information content (AvgIpc) is 3.01. The molecule has 102 valence electrons. The van der Waals surface area contributed by atoms with E-state index in [4.69, 9.17) is 0 Å². The van der Waals surface area contributed by atoms with E-state index in [9.17, 15) is 4.79 Å². The molecule has 19 heavy (non-hydrogen) atoms. The number of hydrogen-bond donors (Lipinski definition) is 2. The zero-order chi connectivity index (χ0) is 13.7. The largest absolute Gasteiger partial charge is 0.336 e. The van der Waals surface area contributed by atoms with Crippen LogP contribution in [0.25, 0.3) is 0 Å². The SMILES string of the molecule is CN(C)C(CNC(=O)Nc1nncs1)c1cccs1. The van der Waals surface area contributed by atoms with Crippen molar-refractivity contribution in [3.63, 3.8) is 0 Å². The second kappa shape index (κ2) is 6.60. The number of hydrogen-bond acceptors (Lipinski definition) is 6. The first-order valence-corrected chi connectivity index (χ1v) is 7.43. The molecule has 2 rings (SSSR count). The molecule has 0 bridgehead atoms. The minimum absolute atomic E-state index is 0.167. The van der Waals surface area contributed by atoms with Gasteiger partial charge in [0.2, 0.25) is 5.13 Å². The quantitative estimate of drug-likeness (QED) is 0.886. The number of carbonyl (C=O) groups excluding carboxylic acids is 1. The van der Waals surface area contributed by atoms with E-state index < -0.39 is 0 Å². The molecular weight excluding hydrogens is 282 g/mol. The van der Waals surface area contributed by atoms with E-state index >= 15 is 0 Å². The van der Waals surface area contributed by atoms with E-state index in [0.717, 1.165) is 0 Å². The van der Waals surface area contributed by atoms with Gasteiger partial charge < -0.3 is 10.2 Å². The average molecular weight is 297 g/mol. The zero-order valence-electron chi connectivity index (χ0n) is 10.7. The van der Waals surface area contributed by atoms with Gasteiger partial charge in [0.1, 0.15) is 5.51 Å². The number of aromatic nitrogens is 2. The molecule has 2 N–H and O–H groups in total. The molecule has 0 spiro atoms. The number of nitrogens with zero attached hydrogens (tertiary/aromatic N) is 3. The Balaban J connectivity index is 1.87. The summed E-state index contributed by atoms with van der Waals surface area (Å²) in [6, 6.07) is 3.98. The molecule has 8 heteroatoms. The number of thiophene rings is 1. The summed E-state index contributed by atoms with van der Waals surface area (Å²) in [5, 5.41) is 15.4. The van der Waals surface area contributed by atoms with Gasteiger partial charge in [-0.2, -0.15) is 0 Å². The highest BCUT2D eigenvalue weighted by atomic mass is 32.1. The van der Waals surface area contributed by atoms with Crippen LogP contribution in [0.1, 0.15) is 10.9 Å². The van der Waals surface area contributed by atoms with Crippen LogP contribution in [0, 0.1) is 0 Å². The third-order valence-electron chi connectivity index (χ3n) is 2.53. The van der Waals surface area contributed by atoms with Crippen molar-refractivity contribution in [2.45, 2.75) is 6.04 Å². The lowest BCUT2D eigenvalue weighted by atomic mass is 10.2. The highest BCUT2D eigenvalue weighted by Gasteiger charge is 2.16. The molecule has 6 nitrogen and oxygen atoms in total. The van der Waals surface area contributed by atoms with Gasteiger partial charge in [-0.3, -0.25) is 5.32 Å². The van der Waals surface area contributed by atoms with Gasteiger partial charge in [0.15, 0.2) is 0 Å². The Morgan fingerprint density at radius 3 is 2.89 bits per heavy atom. The topological polar surface area (TPSA) is 70.2 Å². The summed E-state index contributed by atoms with van der Waals surface area (Å²) in [6.07, 6.45) is 0. The Hall–Kier alpha value is -1.51. The first-order valence-electron chi connectivity index (χ1n) is 5.67. The summed E-state index contributed by atoms with van der Waals surface area (Å²) in [5.74, 6) is 0. The summed E-state index contributed by atoms with van der Waals surface area (Å²) in [6.45, 7) is 0.540. The van der Waals surface area contributed by atoms with Crippen molar-refractivity contribution < 1.29 is 4.79 Å². The van der Waals surface area contributed by atoms with Crippen molar-refractivity contribution >= 4 is 33.8 Å². The number of urea groups is 1. The highest BCUT2D eigenvalue weighted by Crippen LogP contribution is 2.22. The molecule has 2 aromatic rings. The van der Waals surface area contributed by atoms with Gasteiger partial charge in [-0.15, -0.1) is 21.5 Å². The van der Waals surface area contributed by atoms with Crippen molar-refractivity contribution in [3.8, 4) is 0 Å². The van der Waals surface area contributed by atoms with E-state index in [1.165, 1.54) is 16.2 Å². The Morgan fingerprint density at radius 2 is 2.32 bits per heavy atom. The Kier molecular flexibility index (Phi) is 4.83. The Labute approximate surface area is 119 Å². The number of nitrogens with one attached hydrogen (secondary N) is 2. The lowest BCUT2D eigenvalue weighted by molar-refractivity contribution is 0.244. The van der Waals surface area contributed by atoms with Crippen LogP contribution in [0.2, 0.25) is 0 Å². The molecule has 0 saturated heterocycles. The van der Waals surface area contributed by atoms with Crippen LogP contribution >= 0.6 is 22.7 Å². The maximum atomic E-state index is 11.7. The third kappa shape index (κ3) is 3.98. The number of anilines is 1. The molecule has 2 heterocycles. The van der Waals surface area contributed by atoms with Gasteiger partial charge in [0.05, 0.1) is 6.04 Å². The van der Waals surface area contributed by atoms with Gasteiger partial charge in [-0.25, -0.2) is 4.79 Å². The summed E-state index contributed by atoms with van der Waals surface area (Å²) in [4.78, 5) is 15.0. The first-order chi connectivity index (χ1) is 9.16. The van der Waals surface area contributed by atoms with Crippen molar-refractivity contribution in [3.05, 3.63) is 27.9 Å². The van der Waals surface area contributed by atoms with E-state index in [-0.39, 0.29) is 12.1 Å². The Morgan fingerprint density at radius 1 is 1.47 bits per heavy atom. The van der Waals surface area contributed by atoms with Crippen LogP contribution < -0.4 is 10.6 Å². The van der Waals surface area contributed by atoms with Crippen molar-refractivity contribution in [2.24, 2.45) is 0 Å². The number of rotatable bonds is 5. The van der Waals surface area contributed by atoms with E-state index in [2.05, 4.69) is 31.8 Å². The van der Waals surface area contributed by atoms with Crippen LogP contribution in [0.4, 0.5) is 9.93 Å². The van der Waals surface area contributed by atoms with Gasteiger partial charge in [0.25, 0.3) is 0 Å². The third-order valence-corrected chi connectivity index (χ3v) is 4.11. The van der Waals surface area contributed by atoms with Gasteiger partial charge in [-0.1, -0.05) is 17.4 Å². The summed E-state index contributed by atoms with van der Waals surface area (Å²) < 4.78 is 0. The molecule has 0 aliphatic heterocycles. The fraction of sp³-hybridized carbons (Fsp3) is 0.364. The Bertz CT molecular complexity index is 497.